The van der Waals surface area contributed by atoms with Crippen LogP contribution < -0.4 is 0 Å². The van der Waals surface area contributed by atoms with E-state index in [1.54, 1.807) is 18.9 Å². The highest BCUT2D eigenvalue weighted by Crippen LogP contribution is 2.31. The van der Waals surface area contributed by atoms with Crippen LogP contribution in [-0.2, 0) is 19.1 Å². The number of likely N-dealkylation sites (N-methyl/N-ethyl adjacent to an activating group) is 1. The zero-order valence-electron chi connectivity index (χ0n) is 12.6. The van der Waals surface area contributed by atoms with E-state index in [4.69, 9.17) is 9.47 Å². The van der Waals surface area contributed by atoms with Crippen molar-refractivity contribution in [3.8, 4) is 0 Å². The number of nitrogens with zero attached hydrogens (tertiary/aromatic N) is 1. The second kappa shape index (κ2) is 6.72. The molecule has 1 saturated heterocycles. The highest BCUT2D eigenvalue weighted by Gasteiger charge is 2.40. The van der Waals surface area contributed by atoms with E-state index in [1.807, 2.05) is 37.3 Å². The molecule has 1 aliphatic heterocycles. The fraction of sp³-hybridized carbons (Fsp3) is 0.500. The van der Waals surface area contributed by atoms with E-state index >= 15 is 0 Å². The fourth-order valence-corrected chi connectivity index (χ4v) is 2.49. The summed E-state index contributed by atoms with van der Waals surface area (Å²) >= 11 is 0. The molecule has 5 nitrogen and oxygen atoms in total. The van der Waals surface area contributed by atoms with Crippen molar-refractivity contribution in [2.45, 2.75) is 38.5 Å². The summed E-state index contributed by atoms with van der Waals surface area (Å²) < 4.78 is 10.8. The zero-order valence-corrected chi connectivity index (χ0v) is 12.6. The van der Waals surface area contributed by atoms with Gasteiger partial charge in [-0.3, -0.25) is 9.59 Å². The first-order chi connectivity index (χ1) is 10.0. The second-order valence-corrected chi connectivity index (χ2v) is 5.15. The van der Waals surface area contributed by atoms with Gasteiger partial charge in [0.15, 0.2) is 0 Å². The van der Waals surface area contributed by atoms with Crippen molar-refractivity contribution < 1.29 is 19.1 Å². The van der Waals surface area contributed by atoms with Gasteiger partial charge in [0.1, 0.15) is 12.2 Å². The summed E-state index contributed by atoms with van der Waals surface area (Å²) in [5.41, 5.74) is 0.998. The maximum atomic E-state index is 12.2. The standard InChI is InChI=1S/C16H21NO4/c1-4-20-14(18)10-13-16(19)17(3)11(2)15(21-13)12-8-6-5-7-9-12/h5-9,11,13,15H,4,10H2,1-3H3/t11-,13-,15-/m0/s1. The van der Waals surface area contributed by atoms with Crippen molar-refractivity contribution in [3.05, 3.63) is 35.9 Å². The molecule has 0 aromatic heterocycles. The van der Waals surface area contributed by atoms with Gasteiger partial charge in [-0.05, 0) is 19.4 Å². The molecule has 1 amide bonds. The van der Waals surface area contributed by atoms with Gasteiger partial charge in [0.25, 0.3) is 5.91 Å². The summed E-state index contributed by atoms with van der Waals surface area (Å²) in [5, 5.41) is 0. The van der Waals surface area contributed by atoms with E-state index in [2.05, 4.69) is 0 Å². The van der Waals surface area contributed by atoms with E-state index in [0.29, 0.717) is 6.61 Å². The fourth-order valence-electron chi connectivity index (χ4n) is 2.49. The predicted molar refractivity (Wildman–Crippen MR) is 77.5 cm³/mol. The molecule has 2 rings (SSSR count). The third-order valence-corrected chi connectivity index (χ3v) is 3.77. The van der Waals surface area contributed by atoms with Gasteiger partial charge in [-0.15, -0.1) is 0 Å². The molecule has 1 aromatic rings. The van der Waals surface area contributed by atoms with Gasteiger partial charge in [-0.2, -0.15) is 0 Å². The molecular formula is C16H21NO4. The molecule has 0 unspecified atom stereocenters. The lowest BCUT2D eigenvalue weighted by Crippen LogP contribution is -2.52. The number of hydrogen-bond acceptors (Lipinski definition) is 4. The highest BCUT2D eigenvalue weighted by molar-refractivity contribution is 5.86. The van der Waals surface area contributed by atoms with E-state index in [1.165, 1.54) is 0 Å². The minimum Gasteiger partial charge on any atom is -0.466 e. The SMILES string of the molecule is CCOC(=O)C[C@@H]1O[C@H](c2ccccc2)[C@H](C)N(C)C1=O. The Morgan fingerprint density at radius 1 is 1.33 bits per heavy atom. The molecule has 1 fully saturated rings. The highest BCUT2D eigenvalue weighted by atomic mass is 16.5. The van der Waals surface area contributed by atoms with Gasteiger partial charge >= 0.3 is 5.97 Å². The van der Waals surface area contributed by atoms with Crippen LogP contribution in [0.1, 0.15) is 31.9 Å². The van der Waals surface area contributed by atoms with E-state index < -0.39 is 12.1 Å². The van der Waals surface area contributed by atoms with Crippen LogP contribution >= 0.6 is 0 Å². The molecule has 21 heavy (non-hydrogen) atoms. The summed E-state index contributed by atoms with van der Waals surface area (Å²) in [4.78, 5) is 25.5. The smallest absolute Gasteiger partial charge is 0.308 e. The van der Waals surface area contributed by atoms with Crippen LogP contribution in [0.3, 0.4) is 0 Å². The Morgan fingerprint density at radius 3 is 2.62 bits per heavy atom. The van der Waals surface area contributed by atoms with Gasteiger partial charge in [0, 0.05) is 7.05 Å². The molecule has 1 aromatic carbocycles. The Balaban J connectivity index is 2.16. The minimum atomic E-state index is -0.782. The minimum absolute atomic E-state index is 0.0485. The molecule has 0 aliphatic carbocycles. The Morgan fingerprint density at radius 2 is 2.00 bits per heavy atom. The number of morpholine rings is 1. The van der Waals surface area contributed by atoms with Crippen molar-refractivity contribution in [2.24, 2.45) is 0 Å². The number of benzene rings is 1. The zero-order chi connectivity index (χ0) is 15.4. The molecule has 0 saturated carbocycles. The van der Waals surface area contributed by atoms with Crippen LogP contribution in [0.5, 0.6) is 0 Å². The van der Waals surface area contributed by atoms with Crippen LogP contribution in [0, 0.1) is 0 Å². The molecule has 0 radical (unpaired) electrons. The van der Waals surface area contributed by atoms with Crippen molar-refractivity contribution in [1.82, 2.24) is 4.90 Å². The first-order valence-electron chi connectivity index (χ1n) is 7.17. The average Bonchev–Trinajstić information content (AvgIpc) is 2.49. The van der Waals surface area contributed by atoms with Gasteiger partial charge in [0.05, 0.1) is 19.1 Å². The maximum Gasteiger partial charge on any atom is 0.308 e. The number of hydrogen-bond donors (Lipinski definition) is 0. The molecule has 0 N–H and O–H groups in total. The summed E-state index contributed by atoms with van der Waals surface area (Å²) in [7, 11) is 1.74. The lowest BCUT2D eigenvalue weighted by molar-refractivity contribution is -0.175. The third-order valence-electron chi connectivity index (χ3n) is 3.77. The molecule has 0 spiro atoms. The van der Waals surface area contributed by atoms with Crippen LogP contribution in [0.2, 0.25) is 0 Å². The normalized spacial score (nSPS) is 25.8. The molecular weight excluding hydrogens is 270 g/mol. The number of rotatable bonds is 4. The van der Waals surface area contributed by atoms with Gasteiger partial charge in [0.2, 0.25) is 0 Å². The van der Waals surface area contributed by atoms with Crippen molar-refractivity contribution in [1.29, 1.82) is 0 Å². The molecule has 114 valence electrons. The lowest BCUT2D eigenvalue weighted by atomic mass is 9.98. The Kier molecular flexibility index (Phi) is 4.96. The monoisotopic (exact) mass is 291 g/mol. The van der Waals surface area contributed by atoms with Crippen LogP contribution in [-0.4, -0.2) is 42.6 Å². The Hall–Kier alpha value is -1.88. The lowest BCUT2D eigenvalue weighted by Gasteiger charge is -2.40. The van der Waals surface area contributed by atoms with Gasteiger partial charge in [-0.1, -0.05) is 30.3 Å². The first-order valence-corrected chi connectivity index (χ1v) is 7.17. The van der Waals surface area contributed by atoms with Gasteiger partial charge in [-0.25, -0.2) is 0 Å². The molecule has 1 aliphatic rings. The Bertz CT molecular complexity index is 502. The van der Waals surface area contributed by atoms with Crippen LogP contribution in [0.25, 0.3) is 0 Å². The first kappa shape index (κ1) is 15.5. The average molecular weight is 291 g/mol. The number of carbonyl (C=O) groups is 2. The Labute approximate surface area is 124 Å². The van der Waals surface area contributed by atoms with E-state index in [9.17, 15) is 9.59 Å². The second-order valence-electron chi connectivity index (χ2n) is 5.15. The summed E-state index contributed by atoms with van der Waals surface area (Å²) in [5.74, 6) is -0.589. The molecule has 3 atom stereocenters. The molecule has 5 heteroatoms. The molecule has 0 bridgehead atoms. The number of amides is 1. The van der Waals surface area contributed by atoms with Crippen LogP contribution in [0.15, 0.2) is 30.3 Å². The summed E-state index contributed by atoms with van der Waals surface area (Å²) in [6, 6.07) is 9.64. The number of ether oxygens (including phenoxy) is 2. The van der Waals surface area contributed by atoms with Crippen molar-refractivity contribution in [2.75, 3.05) is 13.7 Å². The molecule has 1 heterocycles. The summed E-state index contributed by atoms with van der Waals surface area (Å²) in [6.07, 6.45) is -1.07. The van der Waals surface area contributed by atoms with Crippen LogP contribution in [0.4, 0.5) is 0 Å². The third kappa shape index (κ3) is 3.42. The number of carbonyl (C=O) groups excluding carboxylic acids is 2. The van der Waals surface area contributed by atoms with E-state index in [0.717, 1.165) is 5.56 Å². The predicted octanol–water partition coefficient (Wildman–Crippen LogP) is 1.93. The maximum absolute atomic E-state index is 12.2. The van der Waals surface area contributed by atoms with Crippen molar-refractivity contribution in [3.63, 3.8) is 0 Å². The largest absolute Gasteiger partial charge is 0.466 e. The van der Waals surface area contributed by atoms with Gasteiger partial charge < -0.3 is 14.4 Å². The topological polar surface area (TPSA) is 55.8 Å². The summed E-state index contributed by atoms with van der Waals surface area (Å²) in [6.45, 7) is 3.98. The quantitative estimate of drug-likeness (QED) is 0.795. The van der Waals surface area contributed by atoms with E-state index in [-0.39, 0.29) is 24.5 Å². The number of esters is 1. The van der Waals surface area contributed by atoms with Crippen molar-refractivity contribution >= 4 is 11.9 Å².